The van der Waals surface area contributed by atoms with Gasteiger partial charge >= 0.3 is 6.09 Å². The van der Waals surface area contributed by atoms with E-state index < -0.39 is 6.09 Å². The molecular formula is C15H22N2O2. The Morgan fingerprint density at radius 2 is 2.26 bits per heavy atom. The molecule has 1 heterocycles. The van der Waals surface area contributed by atoms with Gasteiger partial charge in [-0.25, -0.2) is 4.79 Å². The van der Waals surface area contributed by atoms with E-state index in [9.17, 15) is 9.90 Å². The maximum Gasteiger partial charge on any atom is 0.407 e. The minimum Gasteiger partial charge on any atom is -0.465 e. The zero-order valence-corrected chi connectivity index (χ0v) is 11.6. The molecule has 3 N–H and O–H groups in total. The van der Waals surface area contributed by atoms with Gasteiger partial charge in [-0.2, -0.15) is 0 Å². The molecule has 104 valence electrons. The molecule has 0 aliphatic carbocycles. The van der Waals surface area contributed by atoms with Crippen LogP contribution in [-0.2, 0) is 6.42 Å². The van der Waals surface area contributed by atoms with Crippen LogP contribution in [-0.4, -0.2) is 22.6 Å². The van der Waals surface area contributed by atoms with Crippen LogP contribution in [0.5, 0.6) is 0 Å². The SMILES string of the molecule is CC(C)CC1c2ccc(N)cc2CCCN1C(=O)O. The first-order chi connectivity index (χ1) is 8.99. The number of rotatable bonds is 2. The van der Waals surface area contributed by atoms with Crippen molar-refractivity contribution in [2.75, 3.05) is 12.3 Å². The van der Waals surface area contributed by atoms with E-state index >= 15 is 0 Å². The topological polar surface area (TPSA) is 66.6 Å². The first-order valence-electron chi connectivity index (χ1n) is 6.87. The van der Waals surface area contributed by atoms with E-state index in [1.54, 1.807) is 4.90 Å². The highest BCUT2D eigenvalue weighted by Crippen LogP contribution is 2.34. The van der Waals surface area contributed by atoms with E-state index in [0.717, 1.165) is 30.5 Å². The number of fused-ring (bicyclic) bond motifs is 1. The fourth-order valence-corrected chi connectivity index (χ4v) is 2.86. The average Bonchev–Trinajstić information content (AvgIpc) is 2.48. The Kier molecular flexibility index (Phi) is 3.98. The molecule has 1 atom stereocenters. The summed E-state index contributed by atoms with van der Waals surface area (Å²) in [5.41, 5.74) is 8.93. The summed E-state index contributed by atoms with van der Waals surface area (Å²) in [5, 5.41) is 9.43. The highest BCUT2D eigenvalue weighted by molar-refractivity contribution is 5.66. The van der Waals surface area contributed by atoms with Gasteiger partial charge in [-0.05, 0) is 48.4 Å². The fraction of sp³-hybridized carbons (Fsp3) is 0.533. The van der Waals surface area contributed by atoms with Crippen LogP contribution in [0, 0.1) is 5.92 Å². The van der Waals surface area contributed by atoms with Gasteiger partial charge in [0.2, 0.25) is 0 Å². The Bertz CT molecular complexity index is 471. The van der Waals surface area contributed by atoms with Gasteiger partial charge < -0.3 is 15.7 Å². The summed E-state index contributed by atoms with van der Waals surface area (Å²) in [7, 11) is 0. The van der Waals surface area contributed by atoms with Crippen molar-refractivity contribution in [3.05, 3.63) is 29.3 Å². The first-order valence-corrected chi connectivity index (χ1v) is 6.87. The van der Waals surface area contributed by atoms with Crippen LogP contribution in [0.15, 0.2) is 18.2 Å². The number of carboxylic acid groups (broad SMARTS) is 1. The third kappa shape index (κ3) is 3.00. The molecule has 1 aromatic carbocycles. The van der Waals surface area contributed by atoms with Crippen LogP contribution in [0.1, 0.15) is 43.9 Å². The molecule has 0 saturated carbocycles. The molecule has 2 rings (SSSR count). The third-order valence-corrected chi connectivity index (χ3v) is 3.69. The highest BCUT2D eigenvalue weighted by Gasteiger charge is 2.29. The summed E-state index contributed by atoms with van der Waals surface area (Å²) < 4.78 is 0. The van der Waals surface area contributed by atoms with Gasteiger partial charge in [0.05, 0.1) is 6.04 Å². The number of carbonyl (C=O) groups is 1. The van der Waals surface area contributed by atoms with Gasteiger partial charge in [0.15, 0.2) is 0 Å². The van der Waals surface area contributed by atoms with Gasteiger partial charge in [-0.1, -0.05) is 19.9 Å². The highest BCUT2D eigenvalue weighted by atomic mass is 16.4. The van der Waals surface area contributed by atoms with Gasteiger partial charge in [0.1, 0.15) is 0 Å². The molecule has 0 bridgehead atoms. The molecule has 4 heteroatoms. The molecule has 0 spiro atoms. The van der Waals surface area contributed by atoms with E-state index in [0.29, 0.717) is 12.5 Å². The van der Waals surface area contributed by atoms with Gasteiger partial charge in [0, 0.05) is 12.2 Å². The maximum absolute atomic E-state index is 11.5. The molecule has 1 aliphatic heterocycles. The van der Waals surface area contributed by atoms with E-state index in [1.807, 2.05) is 18.2 Å². The lowest BCUT2D eigenvalue weighted by molar-refractivity contribution is 0.118. The summed E-state index contributed by atoms with van der Waals surface area (Å²) in [4.78, 5) is 13.1. The Hall–Kier alpha value is -1.71. The van der Waals surface area contributed by atoms with Crippen LogP contribution in [0.4, 0.5) is 10.5 Å². The van der Waals surface area contributed by atoms with Crippen LogP contribution in [0.2, 0.25) is 0 Å². The van der Waals surface area contributed by atoms with E-state index in [4.69, 9.17) is 5.73 Å². The summed E-state index contributed by atoms with van der Waals surface area (Å²) in [6.45, 7) is 4.85. The van der Waals surface area contributed by atoms with Crippen LogP contribution in [0.3, 0.4) is 0 Å². The minimum absolute atomic E-state index is 0.0457. The quantitative estimate of drug-likeness (QED) is 0.804. The smallest absolute Gasteiger partial charge is 0.407 e. The summed E-state index contributed by atoms with van der Waals surface area (Å²) in [6.07, 6.45) is 1.79. The number of nitrogens with two attached hydrogens (primary N) is 1. The van der Waals surface area contributed by atoms with Crippen LogP contribution in [0.25, 0.3) is 0 Å². The Balaban J connectivity index is 2.43. The minimum atomic E-state index is -0.824. The van der Waals surface area contributed by atoms with E-state index in [-0.39, 0.29) is 6.04 Å². The molecule has 0 fully saturated rings. The molecular weight excluding hydrogens is 240 g/mol. The molecule has 1 unspecified atom stereocenters. The monoisotopic (exact) mass is 262 g/mol. The number of nitrogen functional groups attached to an aromatic ring is 1. The number of nitrogens with zero attached hydrogens (tertiary/aromatic N) is 1. The largest absolute Gasteiger partial charge is 0.465 e. The first kappa shape index (κ1) is 13.7. The molecule has 1 amide bonds. The van der Waals surface area contributed by atoms with Crippen LogP contribution >= 0.6 is 0 Å². The Labute approximate surface area is 114 Å². The summed E-state index contributed by atoms with van der Waals surface area (Å²) in [6, 6.07) is 5.82. The standard InChI is InChI=1S/C15H22N2O2/c1-10(2)8-14-13-6-5-12(16)9-11(13)4-3-7-17(14)15(18)19/h5-6,9-10,14H,3-4,7-8,16H2,1-2H3,(H,18,19). The molecule has 0 radical (unpaired) electrons. The summed E-state index contributed by atoms with van der Waals surface area (Å²) >= 11 is 0. The van der Waals surface area contributed by atoms with Gasteiger partial charge in [0.25, 0.3) is 0 Å². The molecule has 0 saturated heterocycles. The van der Waals surface area contributed by atoms with E-state index in [2.05, 4.69) is 13.8 Å². The van der Waals surface area contributed by atoms with Gasteiger partial charge in [-0.15, -0.1) is 0 Å². The van der Waals surface area contributed by atoms with Crippen molar-refractivity contribution in [3.8, 4) is 0 Å². The predicted molar refractivity (Wildman–Crippen MR) is 76.1 cm³/mol. The molecule has 4 nitrogen and oxygen atoms in total. The number of aryl methyl sites for hydroxylation is 1. The van der Waals surface area contributed by atoms with E-state index in [1.165, 1.54) is 5.56 Å². The number of hydrogen-bond donors (Lipinski definition) is 2. The van der Waals surface area contributed by atoms with Crippen molar-refractivity contribution in [2.24, 2.45) is 5.92 Å². The van der Waals surface area contributed by atoms with Crippen molar-refractivity contribution in [1.82, 2.24) is 4.90 Å². The summed E-state index contributed by atoms with van der Waals surface area (Å²) in [5.74, 6) is 0.454. The Morgan fingerprint density at radius 3 is 2.89 bits per heavy atom. The number of amides is 1. The van der Waals surface area contributed by atoms with Crippen molar-refractivity contribution < 1.29 is 9.90 Å². The average molecular weight is 262 g/mol. The number of anilines is 1. The number of benzene rings is 1. The van der Waals surface area contributed by atoms with Crippen molar-refractivity contribution >= 4 is 11.8 Å². The lowest BCUT2D eigenvalue weighted by Gasteiger charge is -2.30. The zero-order chi connectivity index (χ0) is 14.0. The predicted octanol–water partition coefficient (Wildman–Crippen LogP) is 3.28. The van der Waals surface area contributed by atoms with Crippen molar-refractivity contribution in [1.29, 1.82) is 0 Å². The van der Waals surface area contributed by atoms with Gasteiger partial charge in [-0.3, -0.25) is 0 Å². The second-order valence-electron chi connectivity index (χ2n) is 5.68. The normalized spacial score (nSPS) is 19.1. The third-order valence-electron chi connectivity index (χ3n) is 3.69. The lowest BCUT2D eigenvalue weighted by atomic mass is 9.92. The zero-order valence-electron chi connectivity index (χ0n) is 11.6. The van der Waals surface area contributed by atoms with Crippen molar-refractivity contribution in [3.63, 3.8) is 0 Å². The second kappa shape index (κ2) is 5.51. The second-order valence-corrected chi connectivity index (χ2v) is 5.68. The molecule has 0 aromatic heterocycles. The van der Waals surface area contributed by atoms with Crippen molar-refractivity contribution in [2.45, 2.75) is 39.2 Å². The lowest BCUT2D eigenvalue weighted by Crippen LogP contribution is -2.34. The molecule has 1 aliphatic rings. The molecule has 1 aromatic rings. The molecule has 19 heavy (non-hydrogen) atoms. The maximum atomic E-state index is 11.5. The Morgan fingerprint density at radius 1 is 1.53 bits per heavy atom. The van der Waals surface area contributed by atoms with Crippen LogP contribution < -0.4 is 5.73 Å². The number of hydrogen-bond acceptors (Lipinski definition) is 2. The fourth-order valence-electron chi connectivity index (χ4n) is 2.86.